The molecule has 2 fully saturated rings. The summed E-state index contributed by atoms with van der Waals surface area (Å²) in [5.41, 5.74) is 2.53. The van der Waals surface area contributed by atoms with E-state index in [4.69, 9.17) is 15.2 Å². The molecule has 1 aromatic heterocycles. The highest BCUT2D eigenvalue weighted by Crippen LogP contribution is 2.25. The van der Waals surface area contributed by atoms with Gasteiger partial charge >= 0.3 is 0 Å². The fraction of sp³-hybridized carbons (Fsp3) is 0.560. The molecule has 0 radical (unpaired) electrons. The van der Waals surface area contributed by atoms with E-state index in [1.165, 1.54) is 32.1 Å². The molecule has 2 N–H and O–H groups in total. The van der Waals surface area contributed by atoms with Gasteiger partial charge in [0.25, 0.3) is 0 Å². The van der Waals surface area contributed by atoms with Crippen LogP contribution in [-0.2, 0) is 6.42 Å². The van der Waals surface area contributed by atoms with Crippen LogP contribution in [0.1, 0.15) is 63.1 Å². The molecule has 0 amide bonds. The van der Waals surface area contributed by atoms with Gasteiger partial charge in [-0.3, -0.25) is 0 Å². The minimum absolute atomic E-state index is 0.537. The number of hydrogen-bond acceptors (Lipinski definition) is 6. The summed E-state index contributed by atoms with van der Waals surface area (Å²) >= 11 is 0. The van der Waals surface area contributed by atoms with Crippen molar-refractivity contribution >= 4 is 17.5 Å². The molecule has 1 saturated carbocycles. The van der Waals surface area contributed by atoms with Crippen molar-refractivity contribution in [3.8, 4) is 6.07 Å². The molecule has 1 atom stereocenters. The zero-order valence-electron chi connectivity index (χ0n) is 18.6. The number of nitriles is 1. The average molecular weight is 419 g/mol. The minimum Gasteiger partial charge on any atom is -0.355 e. The van der Waals surface area contributed by atoms with Crippen LogP contribution in [-0.4, -0.2) is 35.6 Å². The topological polar surface area (TPSA) is 76.9 Å². The van der Waals surface area contributed by atoms with Crippen LogP contribution in [0.3, 0.4) is 0 Å². The van der Waals surface area contributed by atoms with Crippen LogP contribution >= 0.6 is 0 Å². The van der Waals surface area contributed by atoms with Gasteiger partial charge < -0.3 is 15.5 Å². The Bertz CT molecular complexity index is 899. The minimum atomic E-state index is 0.537. The standard InChI is InChI=1S/C25H34N6/c1-2-7-21-15-24(30-25(28-21)29-22-11-6-10-20(14-22)16-26)31-13-12-23(18-31)27-17-19-8-4-3-5-9-19/h6,10-11,14-15,19,23,27H,2-5,7-9,12-13,17-18H2,1H3,(H,28,29,30)/t23-/m0/s1. The first-order chi connectivity index (χ1) is 15.2. The number of anilines is 3. The Morgan fingerprint density at radius 2 is 2.00 bits per heavy atom. The zero-order valence-corrected chi connectivity index (χ0v) is 18.6. The lowest BCUT2D eigenvalue weighted by atomic mass is 9.89. The number of rotatable bonds is 8. The smallest absolute Gasteiger partial charge is 0.229 e. The second-order valence-electron chi connectivity index (χ2n) is 8.95. The summed E-state index contributed by atoms with van der Waals surface area (Å²) in [6, 6.07) is 12.3. The maximum absolute atomic E-state index is 9.16. The fourth-order valence-electron chi connectivity index (χ4n) is 4.74. The van der Waals surface area contributed by atoms with E-state index in [2.05, 4.69) is 34.6 Å². The number of nitrogens with one attached hydrogen (secondary N) is 2. The van der Waals surface area contributed by atoms with Gasteiger partial charge in [0.15, 0.2) is 0 Å². The lowest BCUT2D eigenvalue weighted by Gasteiger charge is -2.24. The average Bonchev–Trinajstić information content (AvgIpc) is 3.28. The molecular formula is C25H34N6. The van der Waals surface area contributed by atoms with E-state index in [1.54, 1.807) is 6.07 Å². The first kappa shape index (κ1) is 21.6. The SMILES string of the molecule is CCCc1cc(N2CC[C@H](NCC3CCCCC3)C2)nc(Nc2cccc(C#N)c2)n1. The normalized spacial score (nSPS) is 19.4. The summed E-state index contributed by atoms with van der Waals surface area (Å²) < 4.78 is 0. The molecule has 1 aliphatic carbocycles. The molecule has 31 heavy (non-hydrogen) atoms. The van der Waals surface area contributed by atoms with Gasteiger partial charge in [-0.2, -0.15) is 10.2 Å². The van der Waals surface area contributed by atoms with Crippen LogP contribution in [0.15, 0.2) is 30.3 Å². The van der Waals surface area contributed by atoms with Crippen LogP contribution in [0.4, 0.5) is 17.5 Å². The van der Waals surface area contributed by atoms with Gasteiger partial charge in [-0.15, -0.1) is 0 Å². The molecule has 6 heteroatoms. The first-order valence-electron chi connectivity index (χ1n) is 11.9. The van der Waals surface area contributed by atoms with E-state index >= 15 is 0 Å². The largest absolute Gasteiger partial charge is 0.355 e. The van der Waals surface area contributed by atoms with Gasteiger partial charge in [0.05, 0.1) is 11.6 Å². The molecule has 2 aliphatic rings. The molecule has 164 valence electrons. The number of hydrogen-bond donors (Lipinski definition) is 2. The third-order valence-corrected chi connectivity index (χ3v) is 6.45. The molecule has 1 aliphatic heterocycles. The van der Waals surface area contributed by atoms with Crippen molar-refractivity contribution < 1.29 is 0 Å². The second-order valence-corrected chi connectivity index (χ2v) is 8.95. The number of aryl methyl sites for hydroxylation is 1. The van der Waals surface area contributed by atoms with Crippen LogP contribution < -0.4 is 15.5 Å². The summed E-state index contributed by atoms with van der Waals surface area (Å²) in [4.78, 5) is 11.9. The monoisotopic (exact) mass is 418 g/mol. The molecular weight excluding hydrogens is 384 g/mol. The van der Waals surface area contributed by atoms with Crippen molar-refractivity contribution in [2.75, 3.05) is 29.9 Å². The van der Waals surface area contributed by atoms with Gasteiger partial charge in [0.1, 0.15) is 5.82 Å². The summed E-state index contributed by atoms with van der Waals surface area (Å²) in [6.07, 6.45) is 10.1. The Kier molecular flexibility index (Phi) is 7.37. The molecule has 1 aromatic carbocycles. The Labute approximate surface area is 186 Å². The van der Waals surface area contributed by atoms with Crippen molar-refractivity contribution in [3.63, 3.8) is 0 Å². The van der Waals surface area contributed by atoms with Gasteiger partial charge in [-0.1, -0.05) is 38.7 Å². The summed E-state index contributed by atoms with van der Waals surface area (Å²) in [5.74, 6) is 2.46. The van der Waals surface area contributed by atoms with Crippen LogP contribution in [0.5, 0.6) is 0 Å². The Morgan fingerprint density at radius 1 is 1.13 bits per heavy atom. The molecule has 2 heterocycles. The highest BCUT2D eigenvalue weighted by molar-refractivity contribution is 5.58. The molecule has 2 aromatic rings. The van der Waals surface area contributed by atoms with E-state index in [1.807, 2.05) is 18.2 Å². The van der Waals surface area contributed by atoms with Gasteiger partial charge in [0, 0.05) is 36.6 Å². The maximum Gasteiger partial charge on any atom is 0.229 e. The molecule has 1 saturated heterocycles. The summed E-state index contributed by atoms with van der Waals surface area (Å²) in [6.45, 7) is 5.35. The highest BCUT2D eigenvalue weighted by atomic mass is 15.3. The maximum atomic E-state index is 9.16. The van der Waals surface area contributed by atoms with Crippen LogP contribution in [0, 0.1) is 17.2 Å². The number of nitrogens with zero attached hydrogens (tertiary/aromatic N) is 4. The molecule has 6 nitrogen and oxygen atoms in total. The van der Waals surface area contributed by atoms with Crippen LogP contribution in [0.25, 0.3) is 0 Å². The lowest BCUT2D eigenvalue weighted by molar-refractivity contribution is 0.330. The van der Waals surface area contributed by atoms with Crippen molar-refractivity contribution in [2.45, 2.75) is 64.3 Å². The van der Waals surface area contributed by atoms with Crippen molar-refractivity contribution in [1.82, 2.24) is 15.3 Å². The van der Waals surface area contributed by atoms with E-state index in [9.17, 15) is 0 Å². The molecule has 4 rings (SSSR count). The summed E-state index contributed by atoms with van der Waals surface area (Å²) in [5, 5.41) is 16.3. The Hall–Kier alpha value is -2.65. The van der Waals surface area contributed by atoms with Gasteiger partial charge in [0.2, 0.25) is 5.95 Å². The van der Waals surface area contributed by atoms with Gasteiger partial charge in [-0.25, -0.2) is 4.98 Å². The summed E-state index contributed by atoms with van der Waals surface area (Å²) in [7, 11) is 0. The predicted octanol–water partition coefficient (Wildman–Crippen LogP) is 4.79. The number of benzene rings is 1. The predicted molar refractivity (Wildman–Crippen MR) is 126 cm³/mol. The fourth-order valence-corrected chi connectivity index (χ4v) is 4.74. The Morgan fingerprint density at radius 3 is 2.81 bits per heavy atom. The van der Waals surface area contributed by atoms with E-state index in [0.717, 1.165) is 62.0 Å². The first-order valence-corrected chi connectivity index (χ1v) is 11.9. The highest BCUT2D eigenvalue weighted by Gasteiger charge is 2.25. The van der Waals surface area contributed by atoms with E-state index in [0.29, 0.717) is 17.6 Å². The van der Waals surface area contributed by atoms with Crippen molar-refractivity contribution in [2.24, 2.45) is 5.92 Å². The van der Waals surface area contributed by atoms with Gasteiger partial charge in [-0.05, 0) is 56.3 Å². The van der Waals surface area contributed by atoms with Crippen LogP contribution in [0.2, 0.25) is 0 Å². The molecule has 0 bridgehead atoms. The van der Waals surface area contributed by atoms with E-state index in [-0.39, 0.29) is 0 Å². The Balaban J connectivity index is 1.42. The van der Waals surface area contributed by atoms with Crippen molar-refractivity contribution in [1.29, 1.82) is 5.26 Å². The molecule has 0 spiro atoms. The van der Waals surface area contributed by atoms with E-state index < -0.39 is 0 Å². The number of aromatic nitrogens is 2. The molecule has 0 unspecified atom stereocenters. The third kappa shape index (κ3) is 5.95. The zero-order chi connectivity index (χ0) is 21.5. The van der Waals surface area contributed by atoms with Crippen molar-refractivity contribution in [3.05, 3.63) is 41.6 Å². The quantitative estimate of drug-likeness (QED) is 0.642. The second kappa shape index (κ2) is 10.6. The third-order valence-electron chi connectivity index (χ3n) is 6.45. The lowest BCUT2D eigenvalue weighted by Crippen LogP contribution is -2.36.